The summed E-state index contributed by atoms with van der Waals surface area (Å²) in [6.07, 6.45) is 1.94. The summed E-state index contributed by atoms with van der Waals surface area (Å²) in [5.74, 6) is 0.769. The SMILES string of the molecule is O=C(Cc1ccsc1)NCCN1C(=O)SC(=Cc2ccc3c(c2)OCO3)C1=O. The van der Waals surface area contributed by atoms with Gasteiger partial charge in [-0.3, -0.25) is 19.3 Å². The molecule has 1 aromatic heterocycles. The Kier molecular flexibility index (Phi) is 5.36. The molecule has 7 nitrogen and oxygen atoms in total. The Balaban J connectivity index is 1.34. The zero-order valence-corrected chi connectivity index (χ0v) is 16.3. The average Bonchev–Trinajstić information content (AvgIpc) is 3.39. The standard InChI is InChI=1S/C19H16N2O5S2/c22-17(9-13-3-6-27-10-13)20-4-5-21-18(23)16(28-19(21)24)8-12-1-2-14-15(7-12)26-11-25-14/h1-3,6-8,10H,4-5,9,11H2,(H,20,22). The van der Waals surface area contributed by atoms with E-state index in [0.717, 1.165) is 27.8 Å². The summed E-state index contributed by atoms with van der Waals surface area (Å²) in [6.45, 7) is 0.532. The first kappa shape index (κ1) is 18.6. The molecular formula is C19H16N2O5S2. The molecular weight excluding hydrogens is 400 g/mol. The van der Waals surface area contributed by atoms with Crippen LogP contribution in [-0.4, -0.2) is 41.8 Å². The number of carbonyl (C=O) groups is 3. The number of fused-ring (bicyclic) bond motifs is 1. The molecule has 0 radical (unpaired) electrons. The Hall–Kier alpha value is -2.78. The molecule has 0 atom stereocenters. The van der Waals surface area contributed by atoms with Gasteiger partial charge in [0, 0.05) is 13.1 Å². The molecule has 1 N–H and O–H groups in total. The van der Waals surface area contributed by atoms with Crippen molar-refractivity contribution in [1.82, 2.24) is 10.2 Å². The second-order valence-electron chi connectivity index (χ2n) is 6.10. The van der Waals surface area contributed by atoms with Crippen LogP contribution in [0.15, 0.2) is 39.9 Å². The number of ether oxygens (including phenoxy) is 2. The third-order valence-electron chi connectivity index (χ3n) is 4.17. The number of amides is 3. The number of thioether (sulfide) groups is 1. The fraction of sp³-hybridized carbons (Fsp3) is 0.211. The zero-order valence-electron chi connectivity index (χ0n) is 14.7. The van der Waals surface area contributed by atoms with Crippen molar-refractivity contribution in [3.05, 3.63) is 51.1 Å². The quantitative estimate of drug-likeness (QED) is 0.729. The van der Waals surface area contributed by atoms with E-state index < -0.39 is 0 Å². The van der Waals surface area contributed by atoms with Gasteiger partial charge in [-0.25, -0.2) is 0 Å². The lowest BCUT2D eigenvalue weighted by Crippen LogP contribution is -2.37. The Morgan fingerprint density at radius 1 is 1.21 bits per heavy atom. The van der Waals surface area contributed by atoms with Crippen molar-refractivity contribution in [3.63, 3.8) is 0 Å². The molecule has 0 saturated carbocycles. The Morgan fingerprint density at radius 3 is 2.89 bits per heavy atom. The van der Waals surface area contributed by atoms with E-state index in [-0.39, 0.29) is 43.4 Å². The second kappa shape index (κ2) is 8.07. The van der Waals surface area contributed by atoms with Crippen LogP contribution < -0.4 is 14.8 Å². The largest absolute Gasteiger partial charge is 0.454 e. The maximum absolute atomic E-state index is 12.5. The minimum atomic E-state index is -0.361. The molecule has 2 aliphatic heterocycles. The number of nitrogens with one attached hydrogen (secondary N) is 1. The van der Waals surface area contributed by atoms with Crippen molar-refractivity contribution in [2.45, 2.75) is 6.42 Å². The van der Waals surface area contributed by atoms with E-state index in [9.17, 15) is 14.4 Å². The molecule has 2 aliphatic rings. The lowest BCUT2D eigenvalue weighted by Gasteiger charge is -2.12. The first-order valence-electron chi connectivity index (χ1n) is 8.53. The maximum atomic E-state index is 12.5. The lowest BCUT2D eigenvalue weighted by atomic mass is 10.2. The molecule has 3 heterocycles. The van der Waals surface area contributed by atoms with Gasteiger partial charge in [0.25, 0.3) is 11.1 Å². The summed E-state index contributed by atoms with van der Waals surface area (Å²) in [6, 6.07) is 7.22. The molecule has 0 aliphatic carbocycles. The van der Waals surface area contributed by atoms with E-state index in [0.29, 0.717) is 16.4 Å². The number of hydrogen-bond donors (Lipinski definition) is 1. The van der Waals surface area contributed by atoms with Gasteiger partial charge in [-0.15, -0.1) is 0 Å². The molecule has 2 aromatic rings. The highest BCUT2D eigenvalue weighted by atomic mass is 32.2. The van der Waals surface area contributed by atoms with Crippen LogP contribution in [0.1, 0.15) is 11.1 Å². The normalized spacial score (nSPS) is 16.9. The Labute approximate surface area is 169 Å². The summed E-state index contributed by atoms with van der Waals surface area (Å²) in [5, 5.41) is 6.22. The van der Waals surface area contributed by atoms with Crippen LogP contribution in [0.4, 0.5) is 4.79 Å². The van der Waals surface area contributed by atoms with Crippen molar-refractivity contribution in [2.75, 3.05) is 19.9 Å². The minimum Gasteiger partial charge on any atom is -0.454 e. The number of benzene rings is 1. The third kappa shape index (κ3) is 4.05. The Morgan fingerprint density at radius 2 is 2.07 bits per heavy atom. The van der Waals surface area contributed by atoms with Gasteiger partial charge in [0.05, 0.1) is 11.3 Å². The van der Waals surface area contributed by atoms with Crippen LogP contribution in [0, 0.1) is 0 Å². The number of thiophene rings is 1. The molecule has 1 saturated heterocycles. The molecule has 0 spiro atoms. The van der Waals surface area contributed by atoms with Gasteiger partial charge in [-0.2, -0.15) is 11.3 Å². The molecule has 1 fully saturated rings. The third-order valence-corrected chi connectivity index (χ3v) is 5.81. The van der Waals surface area contributed by atoms with Gasteiger partial charge in [0.2, 0.25) is 12.7 Å². The highest BCUT2D eigenvalue weighted by Crippen LogP contribution is 2.36. The first-order valence-corrected chi connectivity index (χ1v) is 10.3. The maximum Gasteiger partial charge on any atom is 0.293 e. The number of rotatable bonds is 6. The fourth-order valence-electron chi connectivity index (χ4n) is 2.80. The molecule has 4 rings (SSSR count). The van der Waals surface area contributed by atoms with Crippen molar-refractivity contribution in [3.8, 4) is 11.5 Å². The van der Waals surface area contributed by atoms with Gasteiger partial charge < -0.3 is 14.8 Å². The van der Waals surface area contributed by atoms with E-state index in [4.69, 9.17) is 9.47 Å². The number of hydrogen-bond acceptors (Lipinski definition) is 7. The summed E-state index contributed by atoms with van der Waals surface area (Å²) < 4.78 is 10.6. The van der Waals surface area contributed by atoms with Crippen LogP contribution in [-0.2, 0) is 16.0 Å². The molecule has 144 valence electrons. The number of imide groups is 1. The second-order valence-corrected chi connectivity index (χ2v) is 7.88. The minimum absolute atomic E-state index is 0.137. The molecule has 1 aromatic carbocycles. The van der Waals surface area contributed by atoms with Crippen LogP contribution >= 0.6 is 23.1 Å². The summed E-state index contributed by atoms with van der Waals surface area (Å²) >= 11 is 2.42. The highest BCUT2D eigenvalue weighted by Gasteiger charge is 2.34. The first-order chi connectivity index (χ1) is 13.6. The topological polar surface area (TPSA) is 84.9 Å². The van der Waals surface area contributed by atoms with E-state index in [1.165, 1.54) is 11.3 Å². The van der Waals surface area contributed by atoms with Gasteiger partial charge in [0.1, 0.15) is 0 Å². The van der Waals surface area contributed by atoms with Crippen molar-refractivity contribution in [2.24, 2.45) is 0 Å². The van der Waals surface area contributed by atoms with Crippen LogP contribution in [0.3, 0.4) is 0 Å². The molecule has 0 unspecified atom stereocenters. The van der Waals surface area contributed by atoms with Crippen molar-refractivity contribution < 1.29 is 23.9 Å². The van der Waals surface area contributed by atoms with Gasteiger partial charge in [0.15, 0.2) is 11.5 Å². The van der Waals surface area contributed by atoms with Gasteiger partial charge in [-0.05, 0) is 57.9 Å². The van der Waals surface area contributed by atoms with E-state index in [1.807, 2.05) is 16.8 Å². The lowest BCUT2D eigenvalue weighted by molar-refractivity contribution is -0.124. The fourth-order valence-corrected chi connectivity index (χ4v) is 4.33. The van der Waals surface area contributed by atoms with Crippen LogP contribution in [0.25, 0.3) is 6.08 Å². The van der Waals surface area contributed by atoms with E-state index in [1.54, 1.807) is 24.3 Å². The van der Waals surface area contributed by atoms with Crippen molar-refractivity contribution in [1.29, 1.82) is 0 Å². The van der Waals surface area contributed by atoms with E-state index >= 15 is 0 Å². The Bertz CT molecular complexity index is 955. The molecule has 28 heavy (non-hydrogen) atoms. The van der Waals surface area contributed by atoms with E-state index in [2.05, 4.69) is 5.32 Å². The van der Waals surface area contributed by atoms with Gasteiger partial charge in [-0.1, -0.05) is 6.07 Å². The summed E-state index contributed by atoms with van der Waals surface area (Å²) in [4.78, 5) is 38.1. The number of nitrogens with zero attached hydrogens (tertiary/aromatic N) is 1. The zero-order chi connectivity index (χ0) is 19.5. The summed E-state index contributed by atoms with van der Waals surface area (Å²) in [5.41, 5.74) is 1.69. The average molecular weight is 416 g/mol. The predicted octanol–water partition coefficient (Wildman–Crippen LogP) is 2.87. The monoisotopic (exact) mass is 416 g/mol. The van der Waals surface area contributed by atoms with Crippen LogP contribution in [0.2, 0.25) is 0 Å². The summed E-state index contributed by atoms with van der Waals surface area (Å²) in [7, 11) is 0. The molecule has 3 amide bonds. The smallest absolute Gasteiger partial charge is 0.293 e. The van der Waals surface area contributed by atoms with Gasteiger partial charge >= 0.3 is 0 Å². The predicted molar refractivity (Wildman–Crippen MR) is 106 cm³/mol. The van der Waals surface area contributed by atoms with Crippen LogP contribution in [0.5, 0.6) is 11.5 Å². The number of carbonyl (C=O) groups excluding carboxylic acids is 3. The van der Waals surface area contributed by atoms with Crippen molar-refractivity contribution >= 4 is 46.2 Å². The molecule has 0 bridgehead atoms. The molecule has 9 heteroatoms. The highest BCUT2D eigenvalue weighted by molar-refractivity contribution is 8.18.